The summed E-state index contributed by atoms with van der Waals surface area (Å²) in [7, 11) is 0. The Hall–Kier alpha value is -1.20. The van der Waals surface area contributed by atoms with Crippen LogP contribution in [0.3, 0.4) is 0 Å². The lowest BCUT2D eigenvalue weighted by Crippen LogP contribution is -2.38. The largest absolute Gasteiger partial charge is 0.472 e. The van der Waals surface area contributed by atoms with Crippen LogP contribution in [0.5, 0.6) is 5.88 Å². The van der Waals surface area contributed by atoms with Gasteiger partial charge in [-0.1, -0.05) is 12.8 Å². The SMILES string of the molecule is Cc1sc2ncnc(OC3CCCCCC3N)c2c1C. The Bertz CT molecular complexity index is 610. The maximum atomic E-state index is 6.25. The molecule has 2 aromatic rings. The molecule has 0 aromatic carbocycles. The van der Waals surface area contributed by atoms with Crippen LogP contribution in [-0.2, 0) is 0 Å². The minimum Gasteiger partial charge on any atom is -0.472 e. The Kier molecular flexibility index (Phi) is 3.89. The Morgan fingerprint density at radius 2 is 2.00 bits per heavy atom. The molecule has 0 radical (unpaired) electrons. The zero-order valence-corrected chi connectivity index (χ0v) is 12.9. The van der Waals surface area contributed by atoms with E-state index in [9.17, 15) is 0 Å². The van der Waals surface area contributed by atoms with Crippen LogP contribution in [0.2, 0.25) is 0 Å². The molecule has 2 atom stereocenters. The Morgan fingerprint density at radius 3 is 2.85 bits per heavy atom. The van der Waals surface area contributed by atoms with Crippen molar-refractivity contribution in [1.29, 1.82) is 0 Å². The zero-order chi connectivity index (χ0) is 14.1. The summed E-state index contributed by atoms with van der Waals surface area (Å²) in [6, 6.07) is 0.113. The average molecular weight is 291 g/mol. The van der Waals surface area contributed by atoms with E-state index in [1.54, 1.807) is 17.7 Å². The number of aryl methyl sites for hydroxylation is 2. The van der Waals surface area contributed by atoms with Gasteiger partial charge < -0.3 is 10.5 Å². The predicted octanol–water partition coefficient (Wildman–Crippen LogP) is 3.35. The van der Waals surface area contributed by atoms with Crippen molar-refractivity contribution in [3.63, 3.8) is 0 Å². The van der Waals surface area contributed by atoms with Crippen molar-refractivity contribution < 1.29 is 4.74 Å². The van der Waals surface area contributed by atoms with Crippen molar-refractivity contribution in [2.75, 3.05) is 0 Å². The number of nitrogens with zero attached hydrogens (tertiary/aromatic N) is 2. The number of fused-ring (bicyclic) bond motifs is 1. The van der Waals surface area contributed by atoms with Crippen molar-refractivity contribution in [3.8, 4) is 5.88 Å². The van der Waals surface area contributed by atoms with Crippen LogP contribution in [-0.4, -0.2) is 22.1 Å². The van der Waals surface area contributed by atoms with E-state index in [2.05, 4.69) is 23.8 Å². The molecular weight excluding hydrogens is 270 g/mol. The van der Waals surface area contributed by atoms with Gasteiger partial charge in [0.2, 0.25) is 5.88 Å². The van der Waals surface area contributed by atoms with Gasteiger partial charge in [-0.25, -0.2) is 9.97 Å². The van der Waals surface area contributed by atoms with Gasteiger partial charge in [0.05, 0.1) is 5.39 Å². The summed E-state index contributed by atoms with van der Waals surface area (Å²) < 4.78 is 6.19. The third kappa shape index (κ3) is 2.52. The fourth-order valence-electron chi connectivity index (χ4n) is 2.83. The normalized spacial score (nSPS) is 23.8. The molecular formula is C15H21N3OS. The first kappa shape index (κ1) is 13.8. The maximum absolute atomic E-state index is 6.25. The fraction of sp³-hybridized carbons (Fsp3) is 0.600. The van der Waals surface area contributed by atoms with Crippen LogP contribution in [0.1, 0.15) is 42.5 Å². The topological polar surface area (TPSA) is 61.0 Å². The summed E-state index contributed by atoms with van der Waals surface area (Å²) in [5.41, 5.74) is 7.47. The predicted molar refractivity (Wildman–Crippen MR) is 82.4 cm³/mol. The van der Waals surface area contributed by atoms with Gasteiger partial charge in [0, 0.05) is 10.9 Å². The monoisotopic (exact) mass is 291 g/mol. The number of ether oxygens (including phenoxy) is 1. The van der Waals surface area contributed by atoms with E-state index in [4.69, 9.17) is 10.5 Å². The van der Waals surface area contributed by atoms with Crippen LogP contribution < -0.4 is 10.5 Å². The quantitative estimate of drug-likeness (QED) is 0.862. The van der Waals surface area contributed by atoms with Crippen molar-refractivity contribution in [1.82, 2.24) is 9.97 Å². The number of hydrogen-bond acceptors (Lipinski definition) is 5. The molecule has 0 amide bonds. The van der Waals surface area contributed by atoms with Crippen molar-refractivity contribution >= 4 is 21.6 Å². The molecule has 0 spiro atoms. The van der Waals surface area contributed by atoms with Crippen molar-refractivity contribution in [2.45, 2.75) is 58.1 Å². The highest BCUT2D eigenvalue weighted by Gasteiger charge is 2.24. The first-order chi connectivity index (χ1) is 9.66. The molecule has 1 saturated carbocycles. The molecule has 3 rings (SSSR count). The van der Waals surface area contributed by atoms with Gasteiger partial charge in [0.25, 0.3) is 0 Å². The highest BCUT2D eigenvalue weighted by molar-refractivity contribution is 7.18. The minimum absolute atomic E-state index is 0.0789. The second kappa shape index (κ2) is 5.66. The van der Waals surface area contributed by atoms with E-state index in [1.807, 2.05) is 0 Å². The Labute approximate surface area is 123 Å². The summed E-state index contributed by atoms with van der Waals surface area (Å²) in [6.07, 6.45) is 7.38. The molecule has 0 saturated heterocycles. The lowest BCUT2D eigenvalue weighted by atomic mass is 10.1. The van der Waals surface area contributed by atoms with E-state index in [0.29, 0.717) is 5.88 Å². The van der Waals surface area contributed by atoms with Gasteiger partial charge in [-0.3, -0.25) is 0 Å². The van der Waals surface area contributed by atoms with Crippen LogP contribution in [0.25, 0.3) is 10.2 Å². The van der Waals surface area contributed by atoms with Gasteiger partial charge >= 0.3 is 0 Å². The molecule has 0 aliphatic heterocycles. The van der Waals surface area contributed by atoms with E-state index in [-0.39, 0.29) is 12.1 Å². The first-order valence-electron chi connectivity index (χ1n) is 7.29. The highest BCUT2D eigenvalue weighted by atomic mass is 32.1. The standard InChI is InChI=1S/C15H21N3OS/c1-9-10(2)20-15-13(9)14(17-8-18-15)19-12-7-5-3-4-6-11(12)16/h8,11-12H,3-7,16H2,1-2H3. The van der Waals surface area contributed by atoms with E-state index in [0.717, 1.165) is 23.1 Å². The van der Waals surface area contributed by atoms with Gasteiger partial charge in [-0.2, -0.15) is 0 Å². The molecule has 108 valence electrons. The third-order valence-corrected chi connectivity index (χ3v) is 5.31. The lowest BCUT2D eigenvalue weighted by Gasteiger charge is -2.22. The maximum Gasteiger partial charge on any atom is 0.225 e. The van der Waals surface area contributed by atoms with Crippen LogP contribution >= 0.6 is 11.3 Å². The van der Waals surface area contributed by atoms with E-state index >= 15 is 0 Å². The van der Waals surface area contributed by atoms with Crippen molar-refractivity contribution in [3.05, 3.63) is 16.8 Å². The molecule has 2 heterocycles. The average Bonchev–Trinajstić information content (AvgIpc) is 2.60. The molecule has 5 heteroatoms. The Morgan fingerprint density at radius 1 is 1.20 bits per heavy atom. The van der Waals surface area contributed by atoms with Crippen LogP contribution in [0, 0.1) is 13.8 Å². The minimum atomic E-state index is 0.0789. The van der Waals surface area contributed by atoms with Gasteiger partial charge in [-0.15, -0.1) is 11.3 Å². The van der Waals surface area contributed by atoms with Crippen molar-refractivity contribution in [2.24, 2.45) is 5.73 Å². The van der Waals surface area contributed by atoms with E-state index < -0.39 is 0 Å². The molecule has 20 heavy (non-hydrogen) atoms. The summed E-state index contributed by atoms with van der Waals surface area (Å²) in [4.78, 5) is 11.0. The molecule has 1 aliphatic rings. The number of aromatic nitrogens is 2. The molecule has 2 aromatic heterocycles. The zero-order valence-electron chi connectivity index (χ0n) is 12.1. The fourth-order valence-corrected chi connectivity index (χ4v) is 3.82. The Balaban J connectivity index is 1.93. The summed E-state index contributed by atoms with van der Waals surface area (Å²) >= 11 is 1.70. The second-order valence-corrected chi connectivity index (χ2v) is 6.80. The van der Waals surface area contributed by atoms with Crippen LogP contribution in [0.4, 0.5) is 0 Å². The summed E-state index contributed by atoms with van der Waals surface area (Å²) in [5.74, 6) is 0.708. The number of hydrogen-bond donors (Lipinski definition) is 1. The summed E-state index contributed by atoms with van der Waals surface area (Å²) in [5, 5.41) is 1.06. The smallest absolute Gasteiger partial charge is 0.225 e. The van der Waals surface area contributed by atoms with E-state index in [1.165, 1.54) is 29.7 Å². The third-order valence-electron chi connectivity index (χ3n) is 4.20. The molecule has 2 N–H and O–H groups in total. The number of thiophene rings is 1. The molecule has 2 unspecified atom stereocenters. The van der Waals surface area contributed by atoms with Gasteiger partial charge in [0.15, 0.2) is 0 Å². The second-order valence-electron chi connectivity index (χ2n) is 5.60. The van der Waals surface area contributed by atoms with Gasteiger partial charge in [-0.05, 0) is 38.7 Å². The van der Waals surface area contributed by atoms with Gasteiger partial charge in [0.1, 0.15) is 17.3 Å². The molecule has 1 fully saturated rings. The highest BCUT2D eigenvalue weighted by Crippen LogP contribution is 2.34. The number of nitrogens with two attached hydrogens (primary N) is 1. The van der Waals surface area contributed by atoms with Crippen LogP contribution in [0.15, 0.2) is 6.33 Å². The molecule has 0 bridgehead atoms. The number of rotatable bonds is 2. The molecule has 1 aliphatic carbocycles. The first-order valence-corrected chi connectivity index (χ1v) is 8.11. The summed E-state index contributed by atoms with van der Waals surface area (Å²) in [6.45, 7) is 4.22. The molecule has 4 nitrogen and oxygen atoms in total. The lowest BCUT2D eigenvalue weighted by molar-refractivity contribution is 0.158.